The number of piperidine rings is 1. The van der Waals surface area contributed by atoms with Gasteiger partial charge in [-0.1, -0.05) is 61.3 Å². The molecule has 0 radical (unpaired) electrons. The molecule has 4 rings (SSSR count). The maximum absolute atomic E-state index is 13.5. The summed E-state index contributed by atoms with van der Waals surface area (Å²) in [6.45, 7) is 8.01. The largest absolute Gasteiger partial charge is 0.351 e. The fourth-order valence-corrected chi connectivity index (χ4v) is 185. The first-order valence-corrected chi connectivity index (χ1v) is 116. The fourth-order valence-electron chi connectivity index (χ4n) is 6.55. The van der Waals surface area contributed by atoms with Gasteiger partial charge in [0.25, 0.3) is 0 Å². The van der Waals surface area contributed by atoms with Gasteiger partial charge in [-0.05, 0) is 66.5 Å². The van der Waals surface area contributed by atoms with Crippen LogP contribution in [0.3, 0.4) is 0 Å². The Morgan fingerprint density at radius 3 is 0.774 bits per heavy atom. The maximum Gasteiger partial charge on any atom is 0.314 e. The zero-order valence-electron chi connectivity index (χ0n) is 50.0. The van der Waals surface area contributed by atoms with Gasteiger partial charge in [-0.2, -0.15) is 0 Å². The van der Waals surface area contributed by atoms with E-state index >= 15 is 0 Å². The first kappa shape index (κ1) is 113. The highest BCUT2D eigenvalue weighted by Crippen LogP contribution is 2.34. The van der Waals surface area contributed by atoms with E-state index in [4.69, 9.17) is 51.3 Å². The van der Waals surface area contributed by atoms with E-state index in [9.17, 15) is 9.59 Å². The number of halogens is 2. The lowest BCUT2D eigenvalue weighted by atomic mass is 9.91. The van der Waals surface area contributed by atoms with Crippen molar-refractivity contribution in [2.24, 2.45) is 17.6 Å². The van der Waals surface area contributed by atoms with Gasteiger partial charge in [0.15, 0.2) is 0 Å². The number of amides is 3. The van der Waals surface area contributed by atoms with Crippen molar-refractivity contribution in [3.05, 3.63) is 69.7 Å². The minimum atomic E-state index is -0.367. The number of hydrogen-bond donors (Lipinski definition) is 1. The molecule has 3 amide bonds. The van der Waals surface area contributed by atoms with Gasteiger partial charge in [0.05, 0.1) is 6.04 Å². The molecule has 2 aliphatic rings. The van der Waals surface area contributed by atoms with Gasteiger partial charge in [-0.25, -0.2) is 4.79 Å². The number of piperazine rings is 1. The summed E-state index contributed by atoms with van der Waals surface area (Å²) in [4.78, 5) is 31.3. The van der Waals surface area contributed by atoms with Gasteiger partial charge in [-0.15, -0.1) is 0 Å². The molecule has 0 unspecified atom stereocenters. The Morgan fingerprint density at radius 1 is 0.358 bits per heavy atom. The first-order chi connectivity index (χ1) is 52.1. The Kier molecular flexibility index (Phi) is 93.1. The molecule has 0 aromatic heterocycles. The molecule has 2 aromatic rings. The highest BCUT2D eigenvalue weighted by atomic mass is 35.5. The molecule has 0 aliphatic carbocycles. The molecule has 6 nitrogen and oxygen atoms in total. The van der Waals surface area contributed by atoms with E-state index < -0.39 is 0 Å². The van der Waals surface area contributed by atoms with Gasteiger partial charge < -0.3 is 15.5 Å². The van der Waals surface area contributed by atoms with Gasteiger partial charge in [0.1, 0.15) is 0 Å². The van der Waals surface area contributed by atoms with Crippen LogP contribution in [0.1, 0.15) is 56.7 Å². The number of benzene rings is 2. The van der Waals surface area contributed by atoms with Crippen molar-refractivity contribution in [3.63, 3.8) is 0 Å². The van der Waals surface area contributed by atoms with Gasteiger partial charge in [0, 0.05) is 673 Å². The Hall–Kier alpha value is 12.9. The molecule has 2 heterocycles. The normalized spacial score (nSPS) is 11.9. The van der Waals surface area contributed by atoms with Crippen molar-refractivity contribution in [1.82, 2.24) is 14.7 Å². The smallest absolute Gasteiger partial charge is 0.314 e. The van der Waals surface area contributed by atoms with Crippen LogP contribution < -0.4 is 5.73 Å². The number of rotatable bonds is 7. The van der Waals surface area contributed by atoms with Crippen LogP contribution in [0, 0.1) is 11.8 Å². The van der Waals surface area contributed by atoms with E-state index in [0.29, 0.717) is 47.9 Å². The van der Waals surface area contributed by atoms with E-state index in [1.165, 1.54) is 28.9 Å². The number of urea groups is 1. The van der Waals surface area contributed by atoms with Crippen molar-refractivity contribution in [2.45, 2.75) is 51.6 Å². The molecule has 2 N–H and O–H groups in total. The van der Waals surface area contributed by atoms with Crippen molar-refractivity contribution in [2.75, 3.05) is 32.7 Å². The average molecular weight is 2760 g/mol. The van der Waals surface area contributed by atoms with Crippen LogP contribution in [0.25, 0.3) is 0 Å². The van der Waals surface area contributed by atoms with Crippen molar-refractivity contribution < 1.29 is 9.59 Å². The third-order valence-electron chi connectivity index (χ3n) is 9.54. The third kappa shape index (κ3) is 69.9. The van der Waals surface area contributed by atoms with Crippen LogP contribution in [0.4, 0.5) is 4.79 Å². The minimum absolute atomic E-state index is 0.0552. The van der Waals surface area contributed by atoms with Crippen LogP contribution in [0.2, 0.25) is 10.0 Å². The third-order valence-corrected chi connectivity index (χ3v) is 157. The molecular formula is C29H38Cl2N4O2S69. The highest BCUT2D eigenvalue weighted by molar-refractivity contribution is 8.84. The van der Waals surface area contributed by atoms with E-state index in [0.717, 1.165) is 32.4 Å². The molecule has 0 spiro atoms. The van der Waals surface area contributed by atoms with Crippen LogP contribution in [-0.2, 0) is 622 Å². The van der Waals surface area contributed by atoms with Crippen LogP contribution in [-0.4, -0.2) is 65.4 Å². The molecule has 1 atom stereocenters. The summed E-state index contributed by atoms with van der Waals surface area (Å²) in [5, 5.41) is 1.43. The predicted octanol–water partition coefficient (Wildman–Crippen LogP) is 5.66. The first-order valence-electron chi connectivity index (χ1n) is 24.6. The summed E-state index contributed by atoms with van der Waals surface area (Å²) < 4.78 is 0. The molecule has 2 saturated heterocycles. The summed E-state index contributed by atoms with van der Waals surface area (Å²) in [6, 6.07) is 16.0. The summed E-state index contributed by atoms with van der Waals surface area (Å²) in [5.74, 6) is 1.01. The molecule has 77 heteroatoms. The molecular weight excluding hydrogens is 2720 g/mol. The van der Waals surface area contributed by atoms with Gasteiger partial charge in [0.2, 0.25) is 5.91 Å². The summed E-state index contributed by atoms with van der Waals surface area (Å²) in [7, 11) is 121. The van der Waals surface area contributed by atoms with E-state index in [-0.39, 0.29) is 24.0 Å². The second kappa shape index (κ2) is 87.2. The topological polar surface area (TPSA) is 69.9 Å². The zero-order valence-corrected chi connectivity index (χ0v) is 108. The lowest BCUT2D eigenvalue weighted by Crippen LogP contribution is -2.56. The van der Waals surface area contributed by atoms with Crippen LogP contribution in [0.5, 0.6) is 0 Å². The molecule has 2 fully saturated rings. The summed E-state index contributed by atoms with van der Waals surface area (Å²) >= 11 is 22.1. The second-order valence-electron chi connectivity index (χ2n) is 15.4. The Balaban J connectivity index is 0.000000653. The standard InChI is InChI=1S/C29H38Cl2N4O2.S69/c1-20(2)17-26-19-34(15-16-35(26)27(36)18-21-11-13-33(14-12-21)29(32)37)28(22-3-7-24(30)8-4-22)23-5-9-25(31)10-6-23;1-3-5-7-9-11-13-15-17-19-21-23-25-27-29-31-33-35-37-39-41-43-45-47-49-51-53-55-57-59-61-63-65-67-69-68-66-64-62-60-58-56-54-52-50-48-46-44-42-40-38-36-34-32-30-28-26-24-22-20-18-16-14-12-10-8-6-4-2/h3-10,20-21,26,28H,11-19H2,1-2H3,(H2,32,37);/t26-;/m0./s1. The van der Waals surface area contributed by atoms with Gasteiger partial charge in [-0.3, -0.25) is 9.69 Å². The van der Waals surface area contributed by atoms with E-state index in [2.05, 4.69) is 47.9 Å². The van der Waals surface area contributed by atoms with E-state index in [1.807, 2.05) is 495 Å². The van der Waals surface area contributed by atoms with Crippen LogP contribution >= 0.6 is 23.2 Å². The van der Waals surface area contributed by atoms with Crippen molar-refractivity contribution in [1.29, 1.82) is 0 Å². The number of carbonyl (C=O) groups is 2. The molecule has 2 aromatic carbocycles. The second-order valence-corrected chi connectivity index (χ2v) is 135. The fraction of sp³-hybridized carbons (Fsp3) is 0.517. The number of hydrogen-bond acceptors (Lipinski definition) is 5. The predicted molar refractivity (Wildman–Crippen MR) is 658 cm³/mol. The lowest BCUT2D eigenvalue weighted by molar-refractivity contribution is -0.138. The summed E-state index contributed by atoms with van der Waals surface area (Å²) in [5.41, 5.74) is 7.78. The molecule has 106 heavy (non-hydrogen) atoms. The Labute approximate surface area is 827 Å². The zero-order chi connectivity index (χ0) is 75.9. The highest BCUT2D eigenvalue weighted by Gasteiger charge is 2.36. The molecule has 0 saturated carbocycles. The number of likely N-dealkylation sites (tertiary alicyclic amines) is 1. The Bertz CT molecular complexity index is 6490. The SMILES string of the molecule is CC(C)C[C@H]1CN(C(c2ccc(Cl)cc2)c2ccc(Cl)cc2)CCN1C(=O)CC1CCN(C(N)=O)CC1.S=S=S=S=S=S=S=S=S=S=S=S=S=S=S=S=S=S=S=S=S=S=S=S=S=S=S=S=S=S=S=S=S=S=S=S=S=S=S=S=S=S=S=S=S=S=S=S=S=S=S=S=S=S=S=S=S=S=S=S=S=S=S=S=S=S=S=S=S. The molecule has 0 bridgehead atoms. The average Bonchev–Trinajstić information content (AvgIpc) is 0.919. The number of carbonyl (C=O) groups excluding carboxylic acids is 2. The Morgan fingerprint density at radius 2 is 0.575 bits per heavy atom. The monoisotopic (exact) mass is 2750 g/mol. The van der Waals surface area contributed by atoms with Crippen molar-refractivity contribution in [3.8, 4) is 0 Å². The summed E-state index contributed by atoms with van der Waals surface area (Å²) in [6.07, 6.45) is 3.16. The quantitative estimate of drug-likeness (QED) is 0.389. The van der Waals surface area contributed by atoms with Gasteiger partial charge >= 0.3 is 6.03 Å². The molecule has 614 valence electrons. The lowest BCUT2D eigenvalue weighted by Gasteiger charge is -2.46. The maximum atomic E-state index is 13.5. The van der Waals surface area contributed by atoms with Crippen LogP contribution in [0.15, 0.2) is 48.5 Å². The molecule has 2 aliphatic heterocycles. The van der Waals surface area contributed by atoms with E-state index in [1.54, 1.807) is 111 Å². The number of primary amides is 1. The number of nitrogens with two attached hydrogens (primary N) is 1. The number of nitrogens with zero attached hydrogens (tertiary/aromatic N) is 3. The minimum Gasteiger partial charge on any atom is -0.351 e. The van der Waals surface area contributed by atoms with Crippen molar-refractivity contribution >= 4 is 653 Å².